The molecule has 0 aliphatic heterocycles. The number of hydrogen-bond donors (Lipinski definition) is 0. The number of hydrogen-bond acceptors (Lipinski definition) is 4. The Labute approximate surface area is 113 Å². The van der Waals surface area contributed by atoms with Crippen LogP contribution in [0, 0.1) is 28.1 Å². The van der Waals surface area contributed by atoms with Gasteiger partial charge in [-0.1, -0.05) is 31.2 Å². The average molecular weight is 274 g/mol. The van der Waals surface area contributed by atoms with Gasteiger partial charge >= 0.3 is 0 Å². The summed E-state index contributed by atoms with van der Waals surface area (Å²) in [6.07, 6.45) is 1.98. The summed E-state index contributed by atoms with van der Waals surface area (Å²) in [7, 11) is -3.42. The van der Waals surface area contributed by atoms with Crippen LogP contribution in [0.25, 0.3) is 0 Å². The van der Waals surface area contributed by atoms with Gasteiger partial charge in [-0.25, -0.2) is 8.42 Å². The molecule has 0 amide bonds. The van der Waals surface area contributed by atoms with Crippen molar-refractivity contribution in [2.75, 3.05) is 6.26 Å². The Morgan fingerprint density at radius 3 is 2.05 bits per heavy atom. The molecular formula is C14H14N2O2S. The molecule has 1 aliphatic rings. The van der Waals surface area contributed by atoms with Crippen LogP contribution in [0.4, 0.5) is 0 Å². The summed E-state index contributed by atoms with van der Waals surface area (Å²) >= 11 is 0. The van der Waals surface area contributed by atoms with Crippen molar-refractivity contribution in [3.05, 3.63) is 35.4 Å². The van der Waals surface area contributed by atoms with Crippen molar-refractivity contribution >= 4 is 9.84 Å². The zero-order valence-corrected chi connectivity index (χ0v) is 11.6. The van der Waals surface area contributed by atoms with Crippen molar-refractivity contribution in [1.82, 2.24) is 0 Å². The van der Waals surface area contributed by atoms with E-state index in [1.54, 1.807) is 0 Å². The minimum atomic E-state index is -3.42. The molecule has 98 valence electrons. The number of nitrogens with zero attached hydrogens (tertiary/aromatic N) is 2. The fourth-order valence-electron chi connectivity index (χ4n) is 2.63. The first-order valence-electron chi connectivity index (χ1n) is 6.01. The van der Waals surface area contributed by atoms with Gasteiger partial charge in [-0.2, -0.15) is 10.5 Å². The minimum Gasteiger partial charge on any atom is -0.229 e. The summed E-state index contributed by atoms with van der Waals surface area (Å²) in [6.45, 7) is 2.03. The van der Waals surface area contributed by atoms with E-state index in [4.69, 9.17) is 0 Å². The predicted octanol–water partition coefficient (Wildman–Crippen LogP) is 1.79. The third-order valence-corrected chi connectivity index (χ3v) is 5.28. The van der Waals surface area contributed by atoms with Crippen LogP contribution >= 0.6 is 0 Å². The van der Waals surface area contributed by atoms with Crippen molar-refractivity contribution in [3.63, 3.8) is 0 Å². The Balaban J connectivity index is 2.45. The van der Waals surface area contributed by atoms with Crippen molar-refractivity contribution < 1.29 is 8.42 Å². The third-order valence-electron chi connectivity index (χ3n) is 3.71. The molecule has 0 heterocycles. The smallest absolute Gasteiger partial charge is 0.169 e. The average Bonchev–Trinajstić information content (AvgIpc) is 3.09. The molecule has 1 saturated carbocycles. The SMILES string of the molecule is CCc1ccc([C@H]2[C@@H](S(C)(=O)=O)C2(C#N)C#N)cc1. The van der Waals surface area contributed by atoms with E-state index in [-0.39, 0.29) is 0 Å². The molecule has 0 bridgehead atoms. The van der Waals surface area contributed by atoms with Crippen LogP contribution in [0.1, 0.15) is 24.0 Å². The summed E-state index contributed by atoms with van der Waals surface area (Å²) in [6, 6.07) is 11.2. The molecule has 1 aromatic carbocycles. The van der Waals surface area contributed by atoms with E-state index in [1.165, 1.54) is 0 Å². The lowest BCUT2D eigenvalue weighted by Gasteiger charge is -2.01. The normalized spacial score (nSPS) is 24.2. The second-order valence-electron chi connectivity index (χ2n) is 4.92. The highest BCUT2D eigenvalue weighted by Gasteiger charge is 2.72. The van der Waals surface area contributed by atoms with Gasteiger partial charge < -0.3 is 0 Å². The molecular weight excluding hydrogens is 260 g/mol. The van der Waals surface area contributed by atoms with Gasteiger partial charge in [0.1, 0.15) is 5.25 Å². The molecule has 5 heteroatoms. The first-order valence-corrected chi connectivity index (χ1v) is 7.96. The predicted molar refractivity (Wildman–Crippen MR) is 70.9 cm³/mol. The maximum atomic E-state index is 11.7. The summed E-state index contributed by atoms with van der Waals surface area (Å²) < 4.78 is 23.5. The lowest BCUT2D eigenvalue weighted by atomic mass is 10.0. The lowest BCUT2D eigenvalue weighted by Crippen LogP contribution is -2.11. The van der Waals surface area contributed by atoms with Crippen LogP contribution in [-0.4, -0.2) is 19.9 Å². The zero-order chi connectivity index (χ0) is 14.3. The quantitative estimate of drug-likeness (QED) is 0.841. The second-order valence-corrected chi connectivity index (χ2v) is 7.08. The Bertz CT molecular complexity index is 664. The fraction of sp³-hybridized carbons (Fsp3) is 0.429. The van der Waals surface area contributed by atoms with E-state index in [2.05, 4.69) is 0 Å². The van der Waals surface area contributed by atoms with Crippen LogP contribution in [0.2, 0.25) is 0 Å². The maximum Gasteiger partial charge on any atom is 0.169 e. The number of benzene rings is 1. The van der Waals surface area contributed by atoms with Gasteiger partial charge in [-0.05, 0) is 17.5 Å². The van der Waals surface area contributed by atoms with Gasteiger partial charge in [-0.3, -0.25) is 0 Å². The van der Waals surface area contributed by atoms with E-state index in [9.17, 15) is 18.9 Å². The van der Waals surface area contributed by atoms with E-state index < -0.39 is 26.4 Å². The van der Waals surface area contributed by atoms with Gasteiger partial charge in [0, 0.05) is 12.2 Å². The molecule has 1 aliphatic carbocycles. The fourth-order valence-corrected chi connectivity index (χ4v) is 4.35. The summed E-state index contributed by atoms with van der Waals surface area (Å²) in [5.74, 6) is -0.539. The van der Waals surface area contributed by atoms with Crippen LogP contribution in [0.15, 0.2) is 24.3 Å². The topological polar surface area (TPSA) is 81.7 Å². The first-order chi connectivity index (χ1) is 8.90. The Morgan fingerprint density at radius 2 is 1.74 bits per heavy atom. The number of nitriles is 2. The molecule has 1 aromatic rings. The monoisotopic (exact) mass is 274 g/mol. The van der Waals surface area contributed by atoms with E-state index in [1.807, 2.05) is 43.3 Å². The largest absolute Gasteiger partial charge is 0.229 e. The Kier molecular flexibility index (Phi) is 3.12. The van der Waals surface area contributed by atoms with E-state index in [0.717, 1.165) is 23.8 Å². The Morgan fingerprint density at radius 1 is 1.21 bits per heavy atom. The number of sulfone groups is 1. The molecule has 19 heavy (non-hydrogen) atoms. The Hall–Kier alpha value is -1.85. The van der Waals surface area contributed by atoms with Gasteiger partial charge in [-0.15, -0.1) is 0 Å². The standard InChI is InChI=1S/C14H14N2O2S/c1-3-10-4-6-11(7-5-10)12-13(19(2,17)18)14(12,8-15)9-16/h4-7,12-13H,3H2,1-2H3/t12-,13+/m0/s1. The first kappa shape index (κ1) is 13.6. The van der Waals surface area contributed by atoms with Crippen LogP contribution < -0.4 is 0 Å². The van der Waals surface area contributed by atoms with Crippen molar-refractivity contribution in [1.29, 1.82) is 10.5 Å². The molecule has 4 nitrogen and oxygen atoms in total. The van der Waals surface area contributed by atoms with Crippen molar-refractivity contribution in [2.24, 2.45) is 5.41 Å². The highest BCUT2D eigenvalue weighted by molar-refractivity contribution is 7.91. The van der Waals surface area contributed by atoms with Crippen LogP contribution in [0.5, 0.6) is 0 Å². The van der Waals surface area contributed by atoms with Gasteiger partial charge in [0.25, 0.3) is 0 Å². The molecule has 0 saturated heterocycles. The van der Waals surface area contributed by atoms with Gasteiger partial charge in [0.2, 0.25) is 0 Å². The summed E-state index contributed by atoms with van der Waals surface area (Å²) in [5.41, 5.74) is 0.456. The van der Waals surface area contributed by atoms with Gasteiger partial charge in [0.15, 0.2) is 15.3 Å². The molecule has 0 N–H and O–H groups in total. The minimum absolute atomic E-state index is 0.539. The van der Waals surface area contributed by atoms with E-state index in [0.29, 0.717) is 0 Å². The van der Waals surface area contributed by atoms with Crippen LogP contribution in [0.3, 0.4) is 0 Å². The summed E-state index contributed by atoms with van der Waals surface area (Å²) in [4.78, 5) is 0. The number of aryl methyl sites for hydroxylation is 1. The highest BCUT2D eigenvalue weighted by Crippen LogP contribution is 2.62. The van der Waals surface area contributed by atoms with E-state index >= 15 is 0 Å². The zero-order valence-electron chi connectivity index (χ0n) is 10.8. The molecule has 2 rings (SSSR count). The molecule has 1 fully saturated rings. The molecule has 0 aromatic heterocycles. The molecule has 0 unspecified atom stereocenters. The molecule has 0 spiro atoms. The van der Waals surface area contributed by atoms with Crippen LogP contribution in [-0.2, 0) is 16.3 Å². The molecule has 2 atom stereocenters. The maximum absolute atomic E-state index is 11.7. The van der Waals surface area contributed by atoms with Crippen molar-refractivity contribution in [3.8, 4) is 12.1 Å². The lowest BCUT2D eigenvalue weighted by molar-refractivity contribution is 0.597. The van der Waals surface area contributed by atoms with Crippen molar-refractivity contribution in [2.45, 2.75) is 24.5 Å². The summed E-state index contributed by atoms with van der Waals surface area (Å²) in [5, 5.41) is 17.5. The highest BCUT2D eigenvalue weighted by atomic mass is 32.2. The third kappa shape index (κ3) is 2.01. The molecule has 0 radical (unpaired) electrons. The van der Waals surface area contributed by atoms with Gasteiger partial charge in [0.05, 0.1) is 12.1 Å². The number of rotatable bonds is 3. The second kappa shape index (κ2) is 4.36.